The molecule has 1 amide bonds. The van der Waals surface area contributed by atoms with Crippen LogP contribution in [0.25, 0.3) is 0 Å². The van der Waals surface area contributed by atoms with Crippen molar-refractivity contribution in [1.29, 1.82) is 0 Å². The predicted molar refractivity (Wildman–Crippen MR) is 68.6 cm³/mol. The topological polar surface area (TPSA) is 29.1 Å². The SMILES string of the molecule is CCC(CC)C(=O)Nc1c(C)cccc1C. The summed E-state index contributed by atoms with van der Waals surface area (Å²) in [6, 6.07) is 6.06. The van der Waals surface area contributed by atoms with Crippen LogP contribution in [0.1, 0.15) is 37.8 Å². The van der Waals surface area contributed by atoms with Crippen molar-refractivity contribution in [3.05, 3.63) is 29.3 Å². The molecule has 0 unspecified atom stereocenters. The molecular formula is C14H21NO. The lowest BCUT2D eigenvalue weighted by molar-refractivity contribution is -0.120. The molecule has 2 heteroatoms. The highest BCUT2D eigenvalue weighted by Gasteiger charge is 2.15. The van der Waals surface area contributed by atoms with Gasteiger partial charge in [-0.15, -0.1) is 0 Å². The molecule has 16 heavy (non-hydrogen) atoms. The van der Waals surface area contributed by atoms with E-state index in [-0.39, 0.29) is 11.8 Å². The van der Waals surface area contributed by atoms with Crippen LogP contribution < -0.4 is 5.32 Å². The molecule has 0 radical (unpaired) electrons. The quantitative estimate of drug-likeness (QED) is 0.822. The summed E-state index contributed by atoms with van der Waals surface area (Å²) in [6.07, 6.45) is 1.79. The van der Waals surface area contributed by atoms with Crippen LogP contribution in [0, 0.1) is 19.8 Å². The van der Waals surface area contributed by atoms with Crippen molar-refractivity contribution in [3.8, 4) is 0 Å². The van der Waals surface area contributed by atoms with Crippen molar-refractivity contribution in [2.24, 2.45) is 5.92 Å². The van der Waals surface area contributed by atoms with E-state index in [1.165, 1.54) is 0 Å². The van der Waals surface area contributed by atoms with Gasteiger partial charge in [0.15, 0.2) is 0 Å². The van der Waals surface area contributed by atoms with Crippen LogP contribution in [0.4, 0.5) is 5.69 Å². The molecule has 0 spiro atoms. The number of amides is 1. The van der Waals surface area contributed by atoms with Gasteiger partial charge in [0, 0.05) is 11.6 Å². The Morgan fingerprint density at radius 2 is 1.69 bits per heavy atom. The lowest BCUT2D eigenvalue weighted by atomic mass is 10.0. The molecule has 0 fully saturated rings. The summed E-state index contributed by atoms with van der Waals surface area (Å²) in [5, 5.41) is 3.04. The molecule has 0 saturated heterocycles. The zero-order valence-electron chi connectivity index (χ0n) is 10.6. The zero-order chi connectivity index (χ0) is 12.1. The number of benzene rings is 1. The Balaban J connectivity index is 2.84. The number of carbonyl (C=O) groups is 1. The summed E-state index contributed by atoms with van der Waals surface area (Å²) in [5.41, 5.74) is 3.22. The molecule has 88 valence electrons. The van der Waals surface area contributed by atoms with E-state index >= 15 is 0 Å². The number of para-hydroxylation sites is 1. The van der Waals surface area contributed by atoms with Gasteiger partial charge in [-0.3, -0.25) is 4.79 Å². The fourth-order valence-corrected chi connectivity index (χ4v) is 1.90. The standard InChI is InChI=1S/C14H21NO/c1-5-12(6-2)14(16)15-13-10(3)8-7-9-11(13)4/h7-9,12H,5-6H2,1-4H3,(H,15,16). The predicted octanol–water partition coefficient (Wildman–Crippen LogP) is 3.68. The van der Waals surface area contributed by atoms with Crippen molar-refractivity contribution in [2.75, 3.05) is 5.32 Å². The van der Waals surface area contributed by atoms with Crippen LogP contribution in [0.15, 0.2) is 18.2 Å². The summed E-state index contributed by atoms with van der Waals surface area (Å²) in [4.78, 5) is 12.0. The number of hydrogen-bond acceptors (Lipinski definition) is 1. The van der Waals surface area contributed by atoms with E-state index in [9.17, 15) is 4.79 Å². The maximum atomic E-state index is 12.0. The molecule has 2 nitrogen and oxygen atoms in total. The average molecular weight is 219 g/mol. The molecule has 0 aliphatic rings. The summed E-state index contributed by atoms with van der Waals surface area (Å²) in [6.45, 7) is 8.15. The van der Waals surface area contributed by atoms with Crippen LogP contribution in [0.2, 0.25) is 0 Å². The number of aryl methyl sites for hydroxylation is 2. The number of hydrogen-bond donors (Lipinski definition) is 1. The third kappa shape index (κ3) is 2.84. The van der Waals surface area contributed by atoms with Crippen LogP contribution in [0.3, 0.4) is 0 Å². The second-order valence-electron chi connectivity index (χ2n) is 4.27. The van der Waals surface area contributed by atoms with Gasteiger partial charge in [-0.25, -0.2) is 0 Å². The van der Waals surface area contributed by atoms with Crippen molar-refractivity contribution in [1.82, 2.24) is 0 Å². The second kappa shape index (κ2) is 5.69. The van der Waals surface area contributed by atoms with Gasteiger partial charge in [-0.05, 0) is 37.8 Å². The largest absolute Gasteiger partial charge is 0.325 e. The molecule has 0 aliphatic heterocycles. The molecule has 0 aromatic heterocycles. The summed E-state index contributed by atoms with van der Waals surface area (Å²) in [7, 11) is 0. The zero-order valence-corrected chi connectivity index (χ0v) is 10.6. The third-order valence-corrected chi connectivity index (χ3v) is 3.09. The molecule has 0 saturated carbocycles. The Hall–Kier alpha value is -1.31. The first-order chi connectivity index (χ1) is 7.60. The van der Waals surface area contributed by atoms with Gasteiger partial charge in [0.25, 0.3) is 0 Å². The summed E-state index contributed by atoms with van der Waals surface area (Å²) < 4.78 is 0. The molecule has 1 rings (SSSR count). The first kappa shape index (κ1) is 12.8. The Bertz CT molecular complexity index is 347. The van der Waals surface area contributed by atoms with Crippen molar-refractivity contribution in [3.63, 3.8) is 0 Å². The van der Waals surface area contributed by atoms with E-state index in [0.29, 0.717) is 0 Å². The van der Waals surface area contributed by atoms with Gasteiger partial charge < -0.3 is 5.32 Å². The van der Waals surface area contributed by atoms with E-state index < -0.39 is 0 Å². The van der Waals surface area contributed by atoms with Gasteiger partial charge in [-0.1, -0.05) is 32.0 Å². The Labute approximate surface area is 98.1 Å². The maximum absolute atomic E-state index is 12.0. The molecule has 0 atom stereocenters. The normalized spacial score (nSPS) is 10.6. The molecule has 1 aromatic rings. The average Bonchev–Trinajstić information content (AvgIpc) is 2.25. The van der Waals surface area contributed by atoms with E-state index in [1.807, 2.05) is 32.0 Å². The third-order valence-electron chi connectivity index (χ3n) is 3.09. The fourth-order valence-electron chi connectivity index (χ4n) is 1.90. The molecule has 1 N–H and O–H groups in total. The lowest BCUT2D eigenvalue weighted by Crippen LogP contribution is -2.22. The molecule has 0 heterocycles. The van der Waals surface area contributed by atoms with Gasteiger partial charge >= 0.3 is 0 Å². The number of rotatable bonds is 4. The highest BCUT2D eigenvalue weighted by Crippen LogP contribution is 2.21. The summed E-state index contributed by atoms with van der Waals surface area (Å²) >= 11 is 0. The van der Waals surface area contributed by atoms with Gasteiger partial charge in [0.1, 0.15) is 0 Å². The first-order valence-electron chi connectivity index (χ1n) is 5.97. The minimum atomic E-state index is 0.124. The van der Waals surface area contributed by atoms with Crippen molar-refractivity contribution >= 4 is 11.6 Å². The van der Waals surface area contributed by atoms with E-state index in [1.54, 1.807) is 0 Å². The van der Waals surface area contributed by atoms with Crippen molar-refractivity contribution < 1.29 is 4.79 Å². The molecular weight excluding hydrogens is 198 g/mol. The van der Waals surface area contributed by atoms with Gasteiger partial charge in [-0.2, -0.15) is 0 Å². The minimum Gasteiger partial charge on any atom is -0.325 e. The minimum absolute atomic E-state index is 0.124. The Kier molecular flexibility index (Phi) is 4.53. The fraction of sp³-hybridized carbons (Fsp3) is 0.500. The number of nitrogens with one attached hydrogen (secondary N) is 1. The van der Waals surface area contributed by atoms with Crippen LogP contribution in [-0.4, -0.2) is 5.91 Å². The summed E-state index contributed by atoms with van der Waals surface area (Å²) in [5.74, 6) is 0.265. The number of anilines is 1. The van der Waals surface area contributed by atoms with Crippen LogP contribution in [0.5, 0.6) is 0 Å². The van der Waals surface area contributed by atoms with Crippen molar-refractivity contribution in [2.45, 2.75) is 40.5 Å². The Morgan fingerprint density at radius 1 is 1.19 bits per heavy atom. The number of carbonyl (C=O) groups excluding carboxylic acids is 1. The molecule has 0 bridgehead atoms. The van der Waals surface area contributed by atoms with Crippen LogP contribution >= 0.6 is 0 Å². The van der Waals surface area contributed by atoms with E-state index in [2.05, 4.69) is 19.2 Å². The Morgan fingerprint density at radius 3 is 2.12 bits per heavy atom. The molecule has 1 aromatic carbocycles. The lowest BCUT2D eigenvalue weighted by Gasteiger charge is -2.16. The maximum Gasteiger partial charge on any atom is 0.227 e. The smallest absolute Gasteiger partial charge is 0.227 e. The highest BCUT2D eigenvalue weighted by molar-refractivity contribution is 5.93. The van der Waals surface area contributed by atoms with Crippen LogP contribution in [-0.2, 0) is 4.79 Å². The second-order valence-corrected chi connectivity index (χ2v) is 4.27. The van der Waals surface area contributed by atoms with Gasteiger partial charge in [0.05, 0.1) is 0 Å². The van der Waals surface area contributed by atoms with E-state index in [4.69, 9.17) is 0 Å². The monoisotopic (exact) mass is 219 g/mol. The highest BCUT2D eigenvalue weighted by atomic mass is 16.1. The van der Waals surface area contributed by atoms with Gasteiger partial charge in [0.2, 0.25) is 5.91 Å². The first-order valence-corrected chi connectivity index (χ1v) is 5.97. The molecule has 0 aliphatic carbocycles. The van der Waals surface area contributed by atoms with E-state index in [0.717, 1.165) is 29.7 Å².